The fourth-order valence-corrected chi connectivity index (χ4v) is 2.46. The van der Waals surface area contributed by atoms with Crippen LogP contribution in [0.3, 0.4) is 0 Å². The molecule has 1 N–H and O–H groups in total. The smallest absolute Gasteiger partial charge is 0.0587 e. The molecular weight excluding hydrogens is 286 g/mol. The fourth-order valence-electron chi connectivity index (χ4n) is 2.17. The third kappa shape index (κ3) is 7.82. The van der Waals surface area contributed by atoms with Crippen LogP contribution >= 0.6 is 11.6 Å². The van der Waals surface area contributed by atoms with Crippen molar-refractivity contribution in [3.8, 4) is 0 Å². The van der Waals surface area contributed by atoms with E-state index >= 15 is 0 Å². The third-order valence-electron chi connectivity index (χ3n) is 3.28. The average molecular weight is 314 g/mol. The molecule has 21 heavy (non-hydrogen) atoms. The van der Waals surface area contributed by atoms with Crippen LogP contribution in [0.4, 0.5) is 0 Å². The van der Waals surface area contributed by atoms with Crippen LogP contribution in [0.2, 0.25) is 5.02 Å². The summed E-state index contributed by atoms with van der Waals surface area (Å²) < 4.78 is 10.8. The number of nitrogens with one attached hydrogen (secondary N) is 1. The Balaban J connectivity index is 2.51. The van der Waals surface area contributed by atoms with Crippen LogP contribution in [0.15, 0.2) is 24.3 Å². The second-order valence-corrected chi connectivity index (χ2v) is 6.08. The van der Waals surface area contributed by atoms with Gasteiger partial charge in [-0.3, -0.25) is 0 Å². The second-order valence-electron chi connectivity index (χ2n) is 5.67. The van der Waals surface area contributed by atoms with E-state index in [4.69, 9.17) is 21.1 Å². The first-order chi connectivity index (χ1) is 10.1. The second kappa shape index (κ2) is 11.0. The fraction of sp³-hybridized carbons (Fsp3) is 0.647. The molecule has 0 bridgehead atoms. The van der Waals surface area contributed by atoms with Crippen LogP contribution in [0.25, 0.3) is 0 Å². The number of hydrogen-bond acceptors (Lipinski definition) is 3. The summed E-state index contributed by atoms with van der Waals surface area (Å²) in [7, 11) is 1.72. The van der Waals surface area contributed by atoms with Crippen molar-refractivity contribution >= 4 is 11.6 Å². The normalized spacial score (nSPS) is 12.8. The first kappa shape index (κ1) is 18.4. The molecule has 0 aromatic heterocycles. The summed E-state index contributed by atoms with van der Waals surface area (Å²) in [5, 5.41) is 4.26. The van der Waals surface area contributed by atoms with Gasteiger partial charge < -0.3 is 14.8 Å². The lowest BCUT2D eigenvalue weighted by atomic mass is 9.96. The third-order valence-corrected chi connectivity index (χ3v) is 3.62. The highest BCUT2D eigenvalue weighted by Gasteiger charge is 2.14. The number of hydrogen-bond donors (Lipinski definition) is 1. The predicted octanol–water partition coefficient (Wildman–Crippen LogP) is 3.72. The maximum absolute atomic E-state index is 6.33. The Morgan fingerprint density at radius 3 is 2.62 bits per heavy atom. The summed E-state index contributed by atoms with van der Waals surface area (Å²) >= 11 is 6.33. The molecule has 0 fully saturated rings. The van der Waals surface area contributed by atoms with Crippen LogP contribution in [0.1, 0.15) is 31.7 Å². The zero-order valence-electron chi connectivity index (χ0n) is 13.4. The van der Waals surface area contributed by atoms with Gasteiger partial charge in [-0.1, -0.05) is 43.6 Å². The molecule has 3 nitrogen and oxygen atoms in total. The minimum Gasteiger partial charge on any atom is -0.383 e. The Labute approximate surface area is 134 Å². The van der Waals surface area contributed by atoms with Crippen molar-refractivity contribution in [2.24, 2.45) is 5.92 Å². The van der Waals surface area contributed by atoms with Gasteiger partial charge in [0.15, 0.2) is 0 Å². The molecule has 0 aliphatic rings. The molecule has 1 aromatic rings. The molecule has 4 heteroatoms. The van der Waals surface area contributed by atoms with Crippen molar-refractivity contribution in [3.63, 3.8) is 0 Å². The number of halogens is 1. The Morgan fingerprint density at radius 2 is 1.95 bits per heavy atom. The highest BCUT2D eigenvalue weighted by molar-refractivity contribution is 6.31. The average Bonchev–Trinajstić information content (AvgIpc) is 2.46. The van der Waals surface area contributed by atoms with E-state index < -0.39 is 0 Å². The van der Waals surface area contributed by atoms with E-state index in [2.05, 4.69) is 25.2 Å². The molecule has 1 atom stereocenters. The van der Waals surface area contributed by atoms with Crippen molar-refractivity contribution in [2.75, 3.05) is 40.0 Å². The molecule has 0 amide bonds. The number of rotatable bonds is 11. The zero-order chi connectivity index (χ0) is 15.5. The van der Waals surface area contributed by atoms with Crippen LogP contribution in [-0.2, 0) is 9.47 Å². The van der Waals surface area contributed by atoms with Crippen molar-refractivity contribution in [1.82, 2.24) is 5.32 Å². The summed E-state index contributed by atoms with van der Waals surface area (Å²) in [6, 6.07) is 8.07. The Morgan fingerprint density at radius 1 is 1.19 bits per heavy atom. The van der Waals surface area contributed by atoms with Gasteiger partial charge in [0.2, 0.25) is 0 Å². The molecule has 1 aromatic carbocycles. The van der Waals surface area contributed by atoms with E-state index in [0.29, 0.717) is 11.8 Å². The van der Waals surface area contributed by atoms with Gasteiger partial charge in [0, 0.05) is 38.4 Å². The molecule has 0 saturated heterocycles. The molecule has 0 spiro atoms. The van der Waals surface area contributed by atoms with Crippen molar-refractivity contribution < 1.29 is 9.47 Å². The molecule has 120 valence electrons. The van der Waals surface area contributed by atoms with Gasteiger partial charge in [0.25, 0.3) is 0 Å². The predicted molar refractivity (Wildman–Crippen MR) is 89.2 cm³/mol. The number of benzene rings is 1. The van der Waals surface area contributed by atoms with E-state index in [1.165, 1.54) is 5.56 Å². The topological polar surface area (TPSA) is 30.5 Å². The molecule has 0 aliphatic heterocycles. The molecule has 0 aliphatic carbocycles. The minimum atomic E-state index is 0.364. The molecular formula is C17H28ClNO2. The van der Waals surface area contributed by atoms with Gasteiger partial charge in [-0.25, -0.2) is 0 Å². The number of ether oxygens (including phenoxy) is 2. The molecule has 1 unspecified atom stereocenters. The highest BCUT2D eigenvalue weighted by Crippen LogP contribution is 2.26. The minimum absolute atomic E-state index is 0.364. The van der Waals surface area contributed by atoms with Crippen LogP contribution < -0.4 is 5.32 Å². The first-order valence-corrected chi connectivity index (χ1v) is 8.04. The number of methoxy groups -OCH3 is 1. The Hall–Kier alpha value is -0.610. The lowest BCUT2D eigenvalue weighted by Crippen LogP contribution is -2.26. The largest absolute Gasteiger partial charge is 0.383 e. The van der Waals surface area contributed by atoms with Crippen molar-refractivity contribution in [3.05, 3.63) is 34.9 Å². The Bertz CT molecular complexity index is 385. The van der Waals surface area contributed by atoms with E-state index in [0.717, 1.165) is 44.4 Å². The molecule has 0 heterocycles. The lowest BCUT2D eigenvalue weighted by Gasteiger charge is -2.20. The summed E-state index contributed by atoms with van der Waals surface area (Å²) in [5.41, 5.74) is 1.19. The quantitative estimate of drug-likeness (QED) is 0.632. The van der Waals surface area contributed by atoms with E-state index in [1.807, 2.05) is 18.2 Å². The van der Waals surface area contributed by atoms with Gasteiger partial charge in [0.1, 0.15) is 0 Å². The van der Waals surface area contributed by atoms with Crippen LogP contribution in [0.5, 0.6) is 0 Å². The van der Waals surface area contributed by atoms with Gasteiger partial charge in [0.05, 0.1) is 6.61 Å². The molecule has 1 rings (SSSR count). The maximum Gasteiger partial charge on any atom is 0.0587 e. The zero-order valence-corrected chi connectivity index (χ0v) is 14.2. The van der Waals surface area contributed by atoms with E-state index in [1.54, 1.807) is 7.11 Å². The van der Waals surface area contributed by atoms with E-state index in [-0.39, 0.29) is 0 Å². The molecule has 0 saturated carbocycles. The van der Waals surface area contributed by atoms with Crippen LogP contribution in [-0.4, -0.2) is 40.0 Å². The first-order valence-electron chi connectivity index (χ1n) is 7.67. The summed E-state index contributed by atoms with van der Waals surface area (Å²) in [6.45, 7) is 8.36. The van der Waals surface area contributed by atoms with E-state index in [9.17, 15) is 0 Å². The summed E-state index contributed by atoms with van der Waals surface area (Å²) in [6.07, 6.45) is 0.969. The SMILES string of the molecule is COCCNCC(CCOCC(C)C)c1ccccc1Cl. The molecule has 0 radical (unpaired) electrons. The standard InChI is InChI=1S/C17H28ClNO2/c1-14(2)13-21-10-8-15(12-19-9-11-20-3)16-6-4-5-7-17(16)18/h4-7,14-15,19H,8-13H2,1-3H3. The highest BCUT2D eigenvalue weighted by atomic mass is 35.5. The van der Waals surface area contributed by atoms with Gasteiger partial charge >= 0.3 is 0 Å². The van der Waals surface area contributed by atoms with Gasteiger partial charge in [-0.05, 0) is 29.9 Å². The van der Waals surface area contributed by atoms with Gasteiger partial charge in [-0.2, -0.15) is 0 Å². The lowest BCUT2D eigenvalue weighted by molar-refractivity contribution is 0.103. The summed E-state index contributed by atoms with van der Waals surface area (Å²) in [5.74, 6) is 0.936. The maximum atomic E-state index is 6.33. The van der Waals surface area contributed by atoms with Crippen molar-refractivity contribution in [2.45, 2.75) is 26.2 Å². The Kier molecular flexibility index (Phi) is 9.68. The van der Waals surface area contributed by atoms with Gasteiger partial charge in [-0.15, -0.1) is 0 Å². The van der Waals surface area contributed by atoms with Crippen LogP contribution in [0, 0.1) is 5.92 Å². The summed E-state index contributed by atoms with van der Waals surface area (Å²) in [4.78, 5) is 0. The monoisotopic (exact) mass is 313 g/mol. The van der Waals surface area contributed by atoms with Crippen molar-refractivity contribution in [1.29, 1.82) is 0 Å².